The van der Waals surface area contributed by atoms with E-state index in [-0.39, 0.29) is 18.4 Å². The number of nitrogens with one attached hydrogen (secondary N) is 2. The maximum absolute atomic E-state index is 12.6. The van der Waals surface area contributed by atoms with Crippen molar-refractivity contribution >= 4 is 34.2 Å². The van der Waals surface area contributed by atoms with Crippen molar-refractivity contribution in [1.82, 2.24) is 14.8 Å². The second-order valence-electron chi connectivity index (χ2n) is 7.48. The molecule has 31 heavy (non-hydrogen) atoms. The molecule has 2 aromatic heterocycles. The molecule has 4 aromatic rings. The predicted octanol–water partition coefficient (Wildman–Crippen LogP) is 4.31. The third-order valence-corrected chi connectivity index (χ3v) is 4.92. The van der Waals surface area contributed by atoms with Crippen molar-refractivity contribution < 1.29 is 9.59 Å². The Balaban J connectivity index is 1.57. The van der Waals surface area contributed by atoms with Gasteiger partial charge in [0.05, 0.1) is 5.69 Å². The number of hydrogen-bond donors (Lipinski definition) is 2. The first-order valence-electron chi connectivity index (χ1n) is 9.97. The van der Waals surface area contributed by atoms with Gasteiger partial charge in [-0.1, -0.05) is 29.8 Å². The van der Waals surface area contributed by atoms with Crippen molar-refractivity contribution in [2.45, 2.75) is 27.3 Å². The molecule has 0 spiro atoms. The van der Waals surface area contributed by atoms with E-state index in [0.29, 0.717) is 17.0 Å². The van der Waals surface area contributed by atoms with Crippen LogP contribution in [-0.4, -0.2) is 26.6 Å². The van der Waals surface area contributed by atoms with Crippen LogP contribution >= 0.6 is 0 Å². The Kier molecular flexibility index (Phi) is 5.49. The van der Waals surface area contributed by atoms with Gasteiger partial charge in [-0.2, -0.15) is 5.10 Å². The summed E-state index contributed by atoms with van der Waals surface area (Å²) in [6.07, 6.45) is 1.75. The minimum absolute atomic E-state index is 0.0437. The molecule has 0 aliphatic rings. The van der Waals surface area contributed by atoms with E-state index in [1.54, 1.807) is 35.1 Å². The van der Waals surface area contributed by atoms with E-state index in [1.807, 2.05) is 19.1 Å². The van der Waals surface area contributed by atoms with Crippen LogP contribution < -0.4 is 10.6 Å². The number of rotatable bonds is 5. The highest BCUT2D eigenvalue weighted by Crippen LogP contribution is 2.30. The van der Waals surface area contributed by atoms with Crippen LogP contribution in [-0.2, 0) is 16.1 Å². The van der Waals surface area contributed by atoms with Crippen LogP contribution in [0.4, 0.5) is 11.4 Å². The summed E-state index contributed by atoms with van der Waals surface area (Å²) in [4.78, 5) is 28.2. The Labute approximate surface area is 180 Å². The number of benzene rings is 2. The molecule has 2 amide bonds. The quantitative estimate of drug-likeness (QED) is 0.510. The minimum atomic E-state index is -0.209. The number of nitrogens with zero attached hydrogens (tertiary/aromatic N) is 3. The molecule has 0 fully saturated rings. The first kappa shape index (κ1) is 20.3. The Morgan fingerprint density at radius 1 is 0.968 bits per heavy atom. The van der Waals surface area contributed by atoms with Crippen molar-refractivity contribution in [2.75, 3.05) is 10.6 Å². The molecule has 2 aromatic carbocycles. The van der Waals surface area contributed by atoms with Crippen LogP contribution in [0.3, 0.4) is 0 Å². The van der Waals surface area contributed by atoms with E-state index in [2.05, 4.69) is 45.8 Å². The second-order valence-corrected chi connectivity index (χ2v) is 7.48. The van der Waals surface area contributed by atoms with Crippen molar-refractivity contribution in [3.63, 3.8) is 0 Å². The molecule has 0 saturated heterocycles. The molecule has 0 aliphatic heterocycles. The topological polar surface area (TPSA) is 88.9 Å². The number of amides is 2. The molecule has 2 heterocycles. The number of pyridine rings is 1. The summed E-state index contributed by atoms with van der Waals surface area (Å²) in [5, 5.41) is 11.1. The fraction of sp³-hybridized carbons (Fsp3) is 0.167. The van der Waals surface area contributed by atoms with E-state index in [9.17, 15) is 9.59 Å². The van der Waals surface area contributed by atoms with E-state index >= 15 is 0 Å². The highest BCUT2D eigenvalue weighted by molar-refractivity contribution is 5.96. The van der Waals surface area contributed by atoms with Crippen LogP contribution in [0.15, 0.2) is 60.8 Å². The van der Waals surface area contributed by atoms with Gasteiger partial charge in [-0.3, -0.25) is 9.59 Å². The zero-order chi connectivity index (χ0) is 22.0. The van der Waals surface area contributed by atoms with Gasteiger partial charge in [0.2, 0.25) is 11.8 Å². The summed E-state index contributed by atoms with van der Waals surface area (Å²) in [5.41, 5.74) is 6.13. The van der Waals surface area contributed by atoms with Gasteiger partial charge in [-0.05, 0) is 55.3 Å². The Hall–Kier alpha value is -4.00. The lowest BCUT2D eigenvalue weighted by molar-refractivity contribution is -0.117. The number of aromatic nitrogens is 3. The first-order chi connectivity index (χ1) is 14.9. The average Bonchev–Trinajstić information content (AvgIpc) is 3.04. The highest BCUT2D eigenvalue weighted by Gasteiger charge is 2.16. The van der Waals surface area contributed by atoms with Crippen molar-refractivity contribution in [2.24, 2.45) is 0 Å². The molecular formula is C24H23N5O2. The summed E-state index contributed by atoms with van der Waals surface area (Å²) < 4.78 is 1.63. The van der Waals surface area contributed by atoms with Gasteiger partial charge >= 0.3 is 0 Å². The summed E-state index contributed by atoms with van der Waals surface area (Å²) in [5.74, 6) is -0.352. The Bertz CT molecular complexity index is 1280. The lowest BCUT2D eigenvalue weighted by Crippen LogP contribution is -2.19. The minimum Gasteiger partial charge on any atom is -0.326 e. The maximum atomic E-state index is 12.6. The summed E-state index contributed by atoms with van der Waals surface area (Å²) >= 11 is 0. The van der Waals surface area contributed by atoms with Crippen molar-refractivity contribution in [3.8, 4) is 11.1 Å². The highest BCUT2D eigenvalue weighted by atomic mass is 16.2. The predicted molar refractivity (Wildman–Crippen MR) is 122 cm³/mol. The molecule has 7 nitrogen and oxygen atoms in total. The molecular weight excluding hydrogens is 390 g/mol. The second kappa shape index (κ2) is 8.39. The number of carbonyl (C=O) groups is 2. The molecule has 0 aliphatic carbocycles. The summed E-state index contributed by atoms with van der Waals surface area (Å²) in [6, 6.07) is 17.2. The van der Waals surface area contributed by atoms with Gasteiger partial charge in [0.15, 0.2) is 5.65 Å². The zero-order valence-electron chi connectivity index (χ0n) is 17.6. The van der Waals surface area contributed by atoms with Gasteiger partial charge in [-0.15, -0.1) is 0 Å². The lowest BCUT2D eigenvalue weighted by atomic mass is 10.0. The van der Waals surface area contributed by atoms with Gasteiger partial charge in [0.1, 0.15) is 6.54 Å². The van der Waals surface area contributed by atoms with Gasteiger partial charge in [-0.25, -0.2) is 9.67 Å². The number of aryl methyl sites for hydroxylation is 2. The van der Waals surface area contributed by atoms with Crippen LogP contribution in [0.5, 0.6) is 0 Å². The molecule has 0 saturated carbocycles. The van der Waals surface area contributed by atoms with E-state index in [0.717, 1.165) is 22.2 Å². The molecule has 0 atom stereocenters. The molecule has 4 rings (SSSR count). The zero-order valence-corrected chi connectivity index (χ0v) is 17.6. The number of anilines is 2. The van der Waals surface area contributed by atoms with E-state index in [4.69, 9.17) is 0 Å². The van der Waals surface area contributed by atoms with Crippen molar-refractivity contribution in [3.05, 3.63) is 72.1 Å². The maximum Gasteiger partial charge on any atom is 0.246 e. The monoisotopic (exact) mass is 413 g/mol. The summed E-state index contributed by atoms with van der Waals surface area (Å²) in [7, 11) is 0. The third-order valence-electron chi connectivity index (χ3n) is 4.92. The average molecular weight is 413 g/mol. The van der Waals surface area contributed by atoms with Gasteiger partial charge in [0.25, 0.3) is 0 Å². The fourth-order valence-electron chi connectivity index (χ4n) is 3.62. The van der Waals surface area contributed by atoms with Crippen LogP contribution in [0, 0.1) is 13.8 Å². The normalized spacial score (nSPS) is 10.8. The van der Waals surface area contributed by atoms with E-state index < -0.39 is 0 Å². The lowest BCUT2D eigenvalue weighted by Gasteiger charge is -2.08. The van der Waals surface area contributed by atoms with Gasteiger partial charge < -0.3 is 10.6 Å². The standard InChI is InChI=1S/C24H23N5O2/c1-15-5-4-6-18(13-15)21-11-12-25-24-23(21)16(2)28-29(24)14-22(31)27-20-9-7-19(8-10-20)26-17(3)30/h4-13H,14H2,1-3H3,(H,26,30)(H,27,31). The van der Waals surface area contributed by atoms with Crippen LogP contribution in [0.2, 0.25) is 0 Å². The van der Waals surface area contributed by atoms with E-state index in [1.165, 1.54) is 12.5 Å². The molecule has 7 heteroatoms. The third kappa shape index (κ3) is 4.45. The van der Waals surface area contributed by atoms with Crippen LogP contribution in [0.25, 0.3) is 22.2 Å². The van der Waals surface area contributed by atoms with Gasteiger partial charge in [0, 0.05) is 29.9 Å². The number of hydrogen-bond acceptors (Lipinski definition) is 4. The molecule has 156 valence electrons. The molecule has 0 unspecified atom stereocenters. The first-order valence-corrected chi connectivity index (χ1v) is 9.97. The number of fused-ring (bicyclic) bond motifs is 1. The molecule has 0 radical (unpaired) electrons. The molecule has 0 bridgehead atoms. The summed E-state index contributed by atoms with van der Waals surface area (Å²) in [6.45, 7) is 5.48. The molecule has 2 N–H and O–H groups in total. The SMILES string of the molecule is CC(=O)Nc1ccc(NC(=O)Cn2nc(C)c3c(-c4cccc(C)c4)ccnc32)cc1. The Morgan fingerprint density at radius 3 is 2.35 bits per heavy atom. The van der Waals surface area contributed by atoms with Crippen molar-refractivity contribution in [1.29, 1.82) is 0 Å². The number of carbonyl (C=O) groups excluding carboxylic acids is 2. The fourth-order valence-corrected chi connectivity index (χ4v) is 3.62. The largest absolute Gasteiger partial charge is 0.326 e. The Morgan fingerprint density at radius 2 is 1.68 bits per heavy atom. The van der Waals surface area contributed by atoms with Crippen LogP contribution in [0.1, 0.15) is 18.2 Å². The smallest absolute Gasteiger partial charge is 0.246 e.